The molecule has 0 fully saturated rings. The summed E-state index contributed by atoms with van der Waals surface area (Å²) in [7, 11) is 1.24. The Morgan fingerprint density at radius 1 is 0.630 bits per heavy atom. The van der Waals surface area contributed by atoms with Crippen molar-refractivity contribution in [1.29, 1.82) is 0 Å². The molecule has 0 heterocycles. The Balaban J connectivity index is 4.50. The van der Waals surface area contributed by atoms with Gasteiger partial charge in [0, 0.05) is 6.42 Å². The van der Waals surface area contributed by atoms with Crippen LogP contribution in [0, 0.1) is 0 Å². The van der Waals surface area contributed by atoms with E-state index >= 15 is 0 Å². The summed E-state index contributed by atoms with van der Waals surface area (Å²) in [6, 6.07) is -0.905. The Morgan fingerprint density at radius 3 is 1.50 bits per heavy atom. The lowest BCUT2D eigenvalue weighted by Crippen LogP contribution is -2.45. The van der Waals surface area contributed by atoms with Crippen LogP contribution in [0.5, 0.6) is 0 Å². The molecule has 0 saturated carbocycles. The van der Waals surface area contributed by atoms with Crippen LogP contribution in [-0.2, 0) is 18.4 Å². The van der Waals surface area contributed by atoms with Gasteiger partial charge in [0.05, 0.1) is 39.9 Å². The van der Waals surface area contributed by atoms with Crippen LogP contribution in [0.25, 0.3) is 0 Å². The molecule has 0 radical (unpaired) electrons. The van der Waals surface area contributed by atoms with Crippen molar-refractivity contribution in [2.75, 3.05) is 40.9 Å². The number of quaternary nitrogens is 1. The highest BCUT2D eigenvalue weighted by molar-refractivity contribution is 7.45. The summed E-state index contributed by atoms with van der Waals surface area (Å²) in [4.78, 5) is 25.3. The number of amides is 1. The zero-order chi connectivity index (χ0) is 40.0. The molecule has 0 aliphatic heterocycles. The molecule has 0 bridgehead atoms. The number of carbonyl (C=O) groups excluding carboxylic acids is 1. The molecule has 0 aromatic carbocycles. The van der Waals surface area contributed by atoms with Crippen molar-refractivity contribution in [1.82, 2.24) is 5.32 Å². The first-order valence-electron chi connectivity index (χ1n) is 22.4. The Labute approximate surface area is 334 Å². The molecule has 54 heavy (non-hydrogen) atoms. The highest BCUT2D eigenvalue weighted by atomic mass is 31.2. The lowest BCUT2D eigenvalue weighted by Gasteiger charge is -2.29. The molecule has 8 nitrogen and oxygen atoms in total. The minimum atomic E-state index is -4.59. The van der Waals surface area contributed by atoms with Crippen LogP contribution in [0.1, 0.15) is 194 Å². The van der Waals surface area contributed by atoms with E-state index in [1.165, 1.54) is 128 Å². The fourth-order valence-electron chi connectivity index (χ4n) is 6.24. The van der Waals surface area contributed by atoms with E-state index in [1.807, 2.05) is 27.2 Å². The zero-order valence-corrected chi connectivity index (χ0v) is 36.8. The number of allylic oxidation sites excluding steroid dienone is 5. The molecule has 0 saturated heterocycles. The average Bonchev–Trinajstić information content (AvgIpc) is 3.12. The van der Waals surface area contributed by atoms with Crippen LogP contribution >= 0.6 is 7.82 Å². The van der Waals surface area contributed by atoms with Crippen molar-refractivity contribution in [2.45, 2.75) is 206 Å². The maximum atomic E-state index is 12.8. The Bertz CT molecular complexity index is 980. The van der Waals surface area contributed by atoms with Gasteiger partial charge in [-0.3, -0.25) is 9.36 Å². The van der Waals surface area contributed by atoms with Gasteiger partial charge in [0.2, 0.25) is 5.91 Å². The van der Waals surface area contributed by atoms with Crippen molar-refractivity contribution in [3.05, 3.63) is 36.5 Å². The average molecular weight is 783 g/mol. The van der Waals surface area contributed by atoms with Crippen molar-refractivity contribution in [2.24, 2.45) is 0 Å². The van der Waals surface area contributed by atoms with E-state index < -0.39 is 26.6 Å². The van der Waals surface area contributed by atoms with Crippen molar-refractivity contribution < 1.29 is 32.9 Å². The minimum Gasteiger partial charge on any atom is -0.756 e. The van der Waals surface area contributed by atoms with Crippen LogP contribution in [0.4, 0.5) is 0 Å². The van der Waals surface area contributed by atoms with E-state index in [1.54, 1.807) is 6.08 Å². The third-order valence-corrected chi connectivity index (χ3v) is 10.8. The molecule has 0 aliphatic carbocycles. The number of carbonyl (C=O) groups is 1. The topological polar surface area (TPSA) is 108 Å². The summed E-state index contributed by atoms with van der Waals surface area (Å²) in [5, 5.41) is 13.7. The first-order valence-corrected chi connectivity index (χ1v) is 23.8. The molecular formula is C45H87N2O6P. The number of likely N-dealkylation sites (N-methyl/N-ethyl adjacent to an activating group) is 1. The third-order valence-electron chi connectivity index (χ3n) is 9.83. The Hall–Kier alpha value is -1.28. The highest BCUT2D eigenvalue weighted by Crippen LogP contribution is 2.38. The van der Waals surface area contributed by atoms with E-state index in [0.717, 1.165) is 44.9 Å². The molecule has 0 rings (SSSR count). The van der Waals surface area contributed by atoms with E-state index in [9.17, 15) is 19.4 Å². The summed E-state index contributed by atoms with van der Waals surface area (Å²) in [5.74, 6) is -0.211. The number of hydrogen-bond acceptors (Lipinski definition) is 6. The SMILES string of the molecule is CCCCCCCCC/C=C/CC/C=C/CC/C=C/C(O)C(COP(=O)([O-])OCC[N+](C)(C)C)NC(=O)CCCCCCCCCCCCCCCCC. The van der Waals surface area contributed by atoms with Crippen LogP contribution in [-0.4, -0.2) is 68.5 Å². The van der Waals surface area contributed by atoms with Gasteiger partial charge in [0.1, 0.15) is 13.2 Å². The molecule has 9 heteroatoms. The number of nitrogens with one attached hydrogen (secondary N) is 1. The first-order chi connectivity index (χ1) is 26.0. The molecule has 0 spiro atoms. The smallest absolute Gasteiger partial charge is 0.268 e. The molecule has 2 N–H and O–H groups in total. The number of hydrogen-bond donors (Lipinski definition) is 2. The fraction of sp³-hybridized carbons (Fsp3) is 0.844. The van der Waals surface area contributed by atoms with Gasteiger partial charge < -0.3 is 28.8 Å². The van der Waals surface area contributed by atoms with E-state index in [0.29, 0.717) is 17.4 Å². The molecule has 0 aliphatic rings. The van der Waals surface area contributed by atoms with Gasteiger partial charge in [0.25, 0.3) is 7.82 Å². The number of unbranched alkanes of at least 4 members (excludes halogenated alkanes) is 23. The summed E-state index contributed by atoms with van der Waals surface area (Å²) in [6.45, 7) is 4.61. The zero-order valence-electron chi connectivity index (χ0n) is 35.9. The van der Waals surface area contributed by atoms with Crippen LogP contribution in [0.15, 0.2) is 36.5 Å². The molecule has 1 amide bonds. The summed E-state index contributed by atoms with van der Waals surface area (Å²) >= 11 is 0. The number of phosphoric ester groups is 1. The van der Waals surface area contributed by atoms with Crippen molar-refractivity contribution in [3.63, 3.8) is 0 Å². The van der Waals surface area contributed by atoms with Crippen LogP contribution in [0.2, 0.25) is 0 Å². The van der Waals surface area contributed by atoms with Crippen molar-refractivity contribution in [3.8, 4) is 0 Å². The number of nitrogens with zero attached hydrogens (tertiary/aromatic N) is 1. The number of aliphatic hydroxyl groups excluding tert-OH is 1. The lowest BCUT2D eigenvalue weighted by atomic mass is 10.0. The minimum absolute atomic E-state index is 0.00792. The van der Waals surface area contributed by atoms with E-state index in [-0.39, 0.29) is 12.5 Å². The molecule has 3 atom stereocenters. The van der Waals surface area contributed by atoms with Gasteiger partial charge in [-0.1, -0.05) is 179 Å². The molecular weight excluding hydrogens is 695 g/mol. The van der Waals surface area contributed by atoms with Crippen LogP contribution in [0.3, 0.4) is 0 Å². The van der Waals surface area contributed by atoms with Gasteiger partial charge in [-0.25, -0.2) is 0 Å². The summed E-state index contributed by atoms with van der Waals surface area (Å²) in [6.07, 6.45) is 44.7. The second-order valence-electron chi connectivity index (χ2n) is 16.4. The van der Waals surface area contributed by atoms with Gasteiger partial charge in [-0.15, -0.1) is 0 Å². The second kappa shape index (κ2) is 37.3. The summed E-state index contributed by atoms with van der Waals surface area (Å²) < 4.78 is 23.2. The first kappa shape index (κ1) is 52.7. The lowest BCUT2D eigenvalue weighted by molar-refractivity contribution is -0.870. The number of phosphoric acid groups is 1. The maximum Gasteiger partial charge on any atom is 0.268 e. The Morgan fingerprint density at radius 2 is 1.04 bits per heavy atom. The third kappa shape index (κ3) is 39.0. The molecule has 0 aromatic heterocycles. The van der Waals surface area contributed by atoms with Gasteiger partial charge in [0.15, 0.2) is 0 Å². The van der Waals surface area contributed by atoms with E-state index in [4.69, 9.17) is 9.05 Å². The molecule has 3 unspecified atom stereocenters. The number of aliphatic hydroxyl groups is 1. The molecule has 0 aromatic rings. The monoisotopic (exact) mass is 783 g/mol. The van der Waals surface area contributed by atoms with E-state index in [2.05, 4.69) is 43.5 Å². The Kier molecular flexibility index (Phi) is 36.4. The predicted octanol–water partition coefficient (Wildman–Crippen LogP) is 11.7. The predicted molar refractivity (Wildman–Crippen MR) is 228 cm³/mol. The van der Waals surface area contributed by atoms with Crippen molar-refractivity contribution >= 4 is 13.7 Å². The van der Waals surface area contributed by atoms with Gasteiger partial charge in [-0.2, -0.15) is 0 Å². The fourth-order valence-corrected chi connectivity index (χ4v) is 6.97. The molecule has 318 valence electrons. The maximum absolute atomic E-state index is 12.8. The van der Waals surface area contributed by atoms with Gasteiger partial charge >= 0.3 is 0 Å². The normalized spacial score (nSPS) is 14.7. The highest BCUT2D eigenvalue weighted by Gasteiger charge is 2.23. The second-order valence-corrected chi connectivity index (χ2v) is 17.8. The number of rotatable bonds is 40. The largest absolute Gasteiger partial charge is 0.756 e. The van der Waals surface area contributed by atoms with Crippen LogP contribution < -0.4 is 10.2 Å². The standard InChI is InChI=1S/C45H87N2O6P/c1-6-8-10-12-14-16-18-20-22-23-25-26-28-30-32-34-36-38-44(48)43(42-53-54(50,51)52-41-40-47(3,4)5)46-45(49)39-37-35-33-31-29-27-24-21-19-17-15-13-11-9-7-2/h22-23,28,30,36,38,43-44,48H,6-21,24-27,29,31-35,37,39-42H2,1-5H3,(H-,46,49,50,51)/b23-22+,30-28+,38-36+. The van der Waals surface area contributed by atoms with Gasteiger partial charge in [-0.05, 0) is 44.9 Å². The summed E-state index contributed by atoms with van der Waals surface area (Å²) in [5.41, 5.74) is 0. The quantitative estimate of drug-likeness (QED) is 0.0277.